The topological polar surface area (TPSA) is 103 Å². The van der Waals surface area contributed by atoms with Crippen LogP contribution in [0.4, 0.5) is 0 Å². The molecule has 0 spiro atoms. The van der Waals surface area contributed by atoms with Gasteiger partial charge in [-0.25, -0.2) is 4.79 Å². The lowest BCUT2D eigenvalue weighted by atomic mass is 10.0. The molecule has 1 aromatic heterocycles. The van der Waals surface area contributed by atoms with E-state index in [2.05, 4.69) is 5.32 Å². The normalized spacial score (nSPS) is 11.2. The van der Waals surface area contributed by atoms with Crippen molar-refractivity contribution in [1.82, 2.24) is 5.32 Å². The first kappa shape index (κ1) is 18.0. The molecule has 128 valence electrons. The van der Waals surface area contributed by atoms with Crippen molar-refractivity contribution in [2.45, 2.75) is 26.8 Å². The number of nitrogens with zero attached hydrogens (tertiary/aromatic N) is 1. The van der Waals surface area contributed by atoms with Gasteiger partial charge in [0.05, 0.1) is 5.56 Å². The third-order valence-electron chi connectivity index (χ3n) is 3.53. The van der Waals surface area contributed by atoms with Gasteiger partial charge >= 0.3 is 5.97 Å². The van der Waals surface area contributed by atoms with E-state index in [9.17, 15) is 14.7 Å². The molecule has 0 bridgehead atoms. The fraction of sp³-hybridized carbons (Fsp3) is 0.211. The van der Waals surface area contributed by atoms with Crippen LogP contribution in [0, 0.1) is 18.3 Å². The average molecular weight is 338 g/mol. The minimum Gasteiger partial charge on any atom is -0.478 e. The zero-order valence-electron chi connectivity index (χ0n) is 14.2. The van der Waals surface area contributed by atoms with E-state index in [0.717, 1.165) is 0 Å². The van der Waals surface area contributed by atoms with Crippen LogP contribution in [0.3, 0.4) is 0 Å². The maximum absolute atomic E-state index is 11.9. The summed E-state index contributed by atoms with van der Waals surface area (Å²) in [5, 5.41) is 21.0. The van der Waals surface area contributed by atoms with Gasteiger partial charge in [-0.05, 0) is 44.5 Å². The van der Waals surface area contributed by atoms with E-state index in [1.54, 1.807) is 45.0 Å². The second-order valence-electron chi connectivity index (χ2n) is 5.78. The molecule has 0 atom stereocenters. The van der Waals surface area contributed by atoms with Gasteiger partial charge < -0.3 is 14.8 Å². The summed E-state index contributed by atoms with van der Waals surface area (Å²) in [7, 11) is 0. The molecule has 0 aliphatic heterocycles. The molecule has 1 amide bonds. The van der Waals surface area contributed by atoms with E-state index in [0.29, 0.717) is 22.6 Å². The van der Waals surface area contributed by atoms with Crippen molar-refractivity contribution < 1.29 is 19.1 Å². The van der Waals surface area contributed by atoms with Crippen LogP contribution >= 0.6 is 0 Å². The minimum atomic E-state index is -1.01. The van der Waals surface area contributed by atoms with Crippen molar-refractivity contribution in [2.75, 3.05) is 0 Å². The molecule has 1 heterocycles. The highest BCUT2D eigenvalue weighted by atomic mass is 16.4. The second kappa shape index (κ2) is 7.49. The molecular weight excluding hydrogens is 320 g/mol. The third kappa shape index (κ3) is 4.15. The number of carbonyl (C=O) groups is 2. The van der Waals surface area contributed by atoms with Gasteiger partial charge in [-0.3, -0.25) is 4.79 Å². The number of carbonyl (C=O) groups excluding carboxylic acids is 1. The van der Waals surface area contributed by atoms with Gasteiger partial charge in [-0.15, -0.1) is 0 Å². The number of nitrogens with one attached hydrogen (secondary N) is 1. The SMILES string of the molecule is Cc1c(C(=O)O)cccc1-c1ccc(C=C(C#N)C(=O)NC(C)C)o1. The van der Waals surface area contributed by atoms with Gasteiger partial charge in [-0.2, -0.15) is 5.26 Å². The zero-order chi connectivity index (χ0) is 18.6. The summed E-state index contributed by atoms with van der Waals surface area (Å²) < 4.78 is 5.67. The molecular formula is C19H18N2O4. The molecule has 0 fully saturated rings. The molecule has 0 unspecified atom stereocenters. The Morgan fingerprint density at radius 1 is 1.28 bits per heavy atom. The Labute approximate surface area is 145 Å². The molecule has 6 nitrogen and oxygen atoms in total. The molecule has 1 aromatic carbocycles. The Hall–Kier alpha value is -3.33. The quantitative estimate of drug-likeness (QED) is 0.642. The van der Waals surface area contributed by atoms with Crippen LogP contribution < -0.4 is 5.32 Å². The lowest BCUT2D eigenvalue weighted by Crippen LogP contribution is -2.30. The predicted molar refractivity (Wildman–Crippen MR) is 92.7 cm³/mol. The van der Waals surface area contributed by atoms with Crippen molar-refractivity contribution >= 4 is 18.0 Å². The van der Waals surface area contributed by atoms with Gasteiger partial charge in [-0.1, -0.05) is 12.1 Å². The molecule has 2 aromatic rings. The van der Waals surface area contributed by atoms with Gasteiger partial charge in [0.15, 0.2) is 0 Å². The first-order valence-electron chi connectivity index (χ1n) is 7.69. The highest BCUT2D eigenvalue weighted by Gasteiger charge is 2.15. The van der Waals surface area contributed by atoms with Crippen LogP contribution in [-0.4, -0.2) is 23.0 Å². The monoisotopic (exact) mass is 338 g/mol. The summed E-state index contributed by atoms with van der Waals surface area (Å²) in [6.07, 6.45) is 1.36. The van der Waals surface area contributed by atoms with Gasteiger partial charge in [0.2, 0.25) is 0 Å². The van der Waals surface area contributed by atoms with Crippen molar-refractivity contribution in [3.05, 3.63) is 52.8 Å². The van der Waals surface area contributed by atoms with E-state index in [1.165, 1.54) is 12.1 Å². The Kier molecular flexibility index (Phi) is 5.40. The molecule has 6 heteroatoms. The molecule has 0 saturated carbocycles. The van der Waals surface area contributed by atoms with Crippen molar-refractivity contribution in [3.63, 3.8) is 0 Å². The Bertz CT molecular complexity index is 885. The maximum atomic E-state index is 11.9. The third-order valence-corrected chi connectivity index (χ3v) is 3.53. The van der Waals surface area contributed by atoms with E-state index < -0.39 is 11.9 Å². The highest BCUT2D eigenvalue weighted by molar-refractivity contribution is 6.01. The summed E-state index contributed by atoms with van der Waals surface area (Å²) in [5.41, 5.74) is 1.35. The first-order chi connectivity index (χ1) is 11.8. The summed E-state index contributed by atoms with van der Waals surface area (Å²) in [6.45, 7) is 5.31. The number of carboxylic acids is 1. The largest absolute Gasteiger partial charge is 0.478 e. The lowest BCUT2D eigenvalue weighted by Gasteiger charge is -2.07. The average Bonchev–Trinajstić information content (AvgIpc) is 3.00. The van der Waals surface area contributed by atoms with Crippen LogP contribution in [-0.2, 0) is 4.79 Å². The summed E-state index contributed by atoms with van der Waals surface area (Å²) in [4.78, 5) is 23.2. The predicted octanol–water partition coefficient (Wildman–Crippen LogP) is 3.38. The van der Waals surface area contributed by atoms with E-state index in [-0.39, 0.29) is 17.2 Å². The van der Waals surface area contributed by atoms with Gasteiger partial charge in [0, 0.05) is 17.7 Å². The summed E-state index contributed by atoms with van der Waals surface area (Å²) in [5.74, 6) is -0.679. The van der Waals surface area contributed by atoms with Gasteiger partial charge in [0.1, 0.15) is 23.2 Å². The van der Waals surface area contributed by atoms with E-state index >= 15 is 0 Å². The number of aromatic carboxylic acids is 1. The summed E-state index contributed by atoms with van der Waals surface area (Å²) >= 11 is 0. The minimum absolute atomic E-state index is 0.0643. The molecule has 25 heavy (non-hydrogen) atoms. The van der Waals surface area contributed by atoms with Crippen LogP contribution in [0.5, 0.6) is 0 Å². The highest BCUT2D eigenvalue weighted by Crippen LogP contribution is 2.28. The molecule has 2 rings (SSSR count). The fourth-order valence-electron chi connectivity index (χ4n) is 2.34. The number of furan rings is 1. The smallest absolute Gasteiger partial charge is 0.335 e. The molecule has 0 saturated heterocycles. The number of amides is 1. The van der Waals surface area contributed by atoms with Crippen LogP contribution in [0.1, 0.15) is 35.5 Å². The number of nitriles is 1. The second-order valence-corrected chi connectivity index (χ2v) is 5.78. The van der Waals surface area contributed by atoms with Gasteiger partial charge in [0.25, 0.3) is 5.91 Å². The number of benzene rings is 1. The van der Waals surface area contributed by atoms with Crippen LogP contribution in [0.2, 0.25) is 0 Å². The standard InChI is InChI=1S/C19H18N2O4/c1-11(2)21-18(22)13(10-20)9-14-7-8-17(25-14)15-5-4-6-16(12(15)3)19(23)24/h4-9,11H,1-3H3,(H,21,22)(H,23,24). The van der Waals surface area contributed by atoms with Crippen molar-refractivity contribution in [2.24, 2.45) is 0 Å². The first-order valence-corrected chi connectivity index (χ1v) is 7.69. The molecule has 0 radical (unpaired) electrons. The summed E-state index contributed by atoms with van der Waals surface area (Å²) in [6, 6.07) is 9.99. The molecule has 0 aliphatic rings. The van der Waals surface area contributed by atoms with E-state index in [1.807, 2.05) is 6.07 Å². The van der Waals surface area contributed by atoms with Crippen LogP contribution in [0.25, 0.3) is 17.4 Å². The number of hydrogen-bond acceptors (Lipinski definition) is 4. The van der Waals surface area contributed by atoms with Crippen molar-refractivity contribution in [3.8, 4) is 17.4 Å². The molecule has 2 N–H and O–H groups in total. The van der Waals surface area contributed by atoms with Crippen LogP contribution in [0.15, 0.2) is 40.3 Å². The maximum Gasteiger partial charge on any atom is 0.335 e. The van der Waals surface area contributed by atoms with E-state index in [4.69, 9.17) is 9.68 Å². The molecule has 0 aliphatic carbocycles. The Balaban J connectivity index is 2.36. The zero-order valence-corrected chi connectivity index (χ0v) is 14.2. The van der Waals surface area contributed by atoms with Crippen molar-refractivity contribution in [1.29, 1.82) is 5.26 Å². The Morgan fingerprint density at radius 2 is 2.00 bits per heavy atom. The number of rotatable bonds is 5. The number of hydrogen-bond donors (Lipinski definition) is 2. The number of carboxylic acid groups (broad SMARTS) is 1. The Morgan fingerprint density at radius 3 is 2.60 bits per heavy atom. The lowest BCUT2D eigenvalue weighted by molar-refractivity contribution is -0.117. The fourth-order valence-corrected chi connectivity index (χ4v) is 2.34.